The molecule has 116 valence electrons. The third-order valence-corrected chi connectivity index (χ3v) is 4.27. The van der Waals surface area contributed by atoms with E-state index in [1.807, 2.05) is 0 Å². The molecule has 0 bridgehead atoms. The Labute approximate surface area is 126 Å². The van der Waals surface area contributed by atoms with Crippen LogP contribution in [0.2, 0.25) is 0 Å². The molecule has 1 aliphatic carbocycles. The molecule has 1 aromatic carbocycles. The molecular formula is C17H25NO3. The molecule has 0 spiro atoms. The first-order valence-corrected chi connectivity index (χ1v) is 7.77. The van der Waals surface area contributed by atoms with Crippen molar-refractivity contribution >= 4 is 5.97 Å². The summed E-state index contributed by atoms with van der Waals surface area (Å²) in [5.74, 6) is -0.510. The Hall–Kier alpha value is -1.55. The molecule has 1 fully saturated rings. The van der Waals surface area contributed by atoms with Crippen LogP contribution in [0.25, 0.3) is 0 Å². The van der Waals surface area contributed by atoms with E-state index in [1.165, 1.54) is 32.1 Å². The van der Waals surface area contributed by atoms with Gasteiger partial charge >= 0.3 is 5.97 Å². The summed E-state index contributed by atoms with van der Waals surface area (Å²) in [5, 5.41) is 12.5. The maximum atomic E-state index is 11.1. The lowest BCUT2D eigenvalue weighted by Gasteiger charge is -2.33. The number of aromatic carboxylic acids is 1. The smallest absolute Gasteiger partial charge is 0.339 e. The van der Waals surface area contributed by atoms with E-state index in [4.69, 9.17) is 9.84 Å². The number of benzene rings is 1. The van der Waals surface area contributed by atoms with Crippen molar-refractivity contribution in [1.29, 1.82) is 0 Å². The number of carbonyl (C=O) groups is 1. The van der Waals surface area contributed by atoms with Crippen LogP contribution in [0.5, 0.6) is 5.75 Å². The van der Waals surface area contributed by atoms with Crippen LogP contribution in [0.1, 0.15) is 49.4 Å². The van der Waals surface area contributed by atoms with Crippen LogP contribution >= 0.6 is 0 Å². The highest BCUT2D eigenvalue weighted by molar-refractivity contribution is 5.90. The number of nitrogens with one attached hydrogen (secondary N) is 1. The first-order valence-electron chi connectivity index (χ1n) is 7.77. The SMILES string of the molecule is CC1(CNCCOc2ccccc2C(=O)O)CCCCC1. The fourth-order valence-corrected chi connectivity index (χ4v) is 2.97. The number of rotatable bonds is 7. The molecule has 0 heterocycles. The van der Waals surface area contributed by atoms with Gasteiger partial charge in [0.05, 0.1) is 0 Å². The molecule has 1 saturated carbocycles. The molecule has 2 N–H and O–H groups in total. The molecule has 21 heavy (non-hydrogen) atoms. The summed E-state index contributed by atoms with van der Waals surface area (Å²) < 4.78 is 5.58. The van der Waals surface area contributed by atoms with Crippen molar-refractivity contribution < 1.29 is 14.6 Å². The Kier molecular flexibility index (Phi) is 5.62. The summed E-state index contributed by atoms with van der Waals surface area (Å²) in [5.41, 5.74) is 0.633. The second-order valence-corrected chi connectivity index (χ2v) is 6.20. The molecule has 1 aromatic rings. The van der Waals surface area contributed by atoms with Gasteiger partial charge in [-0.05, 0) is 30.4 Å². The van der Waals surface area contributed by atoms with Crippen LogP contribution in [0.15, 0.2) is 24.3 Å². The minimum atomic E-state index is -0.951. The summed E-state index contributed by atoms with van der Waals surface area (Å²) in [6.45, 7) is 4.58. The van der Waals surface area contributed by atoms with Crippen molar-refractivity contribution in [2.45, 2.75) is 39.0 Å². The molecule has 0 aliphatic heterocycles. The zero-order valence-corrected chi connectivity index (χ0v) is 12.7. The predicted octanol–water partition coefficient (Wildman–Crippen LogP) is 3.32. The molecule has 1 aliphatic rings. The Morgan fingerprint density at radius 3 is 2.71 bits per heavy atom. The fraction of sp³-hybridized carbons (Fsp3) is 0.588. The Bertz CT molecular complexity index is 467. The first-order chi connectivity index (χ1) is 10.1. The van der Waals surface area contributed by atoms with Crippen molar-refractivity contribution in [2.75, 3.05) is 19.7 Å². The molecule has 0 unspecified atom stereocenters. The van der Waals surface area contributed by atoms with Gasteiger partial charge in [-0.1, -0.05) is 38.3 Å². The number of para-hydroxylation sites is 1. The maximum absolute atomic E-state index is 11.1. The van der Waals surface area contributed by atoms with Gasteiger partial charge in [-0.3, -0.25) is 0 Å². The van der Waals surface area contributed by atoms with Crippen LogP contribution in [0.3, 0.4) is 0 Å². The molecule has 0 amide bonds. The highest BCUT2D eigenvalue weighted by Crippen LogP contribution is 2.34. The first kappa shape index (κ1) is 15.8. The van der Waals surface area contributed by atoms with Crippen molar-refractivity contribution in [3.05, 3.63) is 29.8 Å². The zero-order chi connectivity index (χ0) is 15.1. The summed E-state index contributed by atoms with van der Waals surface area (Å²) in [4.78, 5) is 11.1. The van der Waals surface area contributed by atoms with Gasteiger partial charge in [0.15, 0.2) is 0 Å². The molecular weight excluding hydrogens is 266 g/mol. The molecule has 4 heteroatoms. The largest absolute Gasteiger partial charge is 0.491 e. The number of carboxylic acid groups (broad SMARTS) is 1. The van der Waals surface area contributed by atoms with Gasteiger partial charge < -0.3 is 15.2 Å². The van der Waals surface area contributed by atoms with Crippen LogP contribution in [-0.4, -0.2) is 30.8 Å². The minimum Gasteiger partial charge on any atom is -0.491 e. The number of ether oxygens (including phenoxy) is 1. The summed E-state index contributed by atoms with van der Waals surface area (Å²) in [6.07, 6.45) is 6.62. The lowest BCUT2D eigenvalue weighted by atomic mass is 9.76. The van der Waals surface area contributed by atoms with E-state index in [1.54, 1.807) is 24.3 Å². The summed E-state index contributed by atoms with van der Waals surface area (Å²) in [6, 6.07) is 6.76. The lowest BCUT2D eigenvalue weighted by molar-refractivity contribution is 0.0692. The fourth-order valence-electron chi connectivity index (χ4n) is 2.97. The van der Waals surface area contributed by atoms with Crippen LogP contribution in [-0.2, 0) is 0 Å². The van der Waals surface area contributed by atoms with E-state index in [2.05, 4.69) is 12.2 Å². The van der Waals surface area contributed by atoms with E-state index in [-0.39, 0.29) is 5.56 Å². The van der Waals surface area contributed by atoms with Crippen molar-refractivity contribution in [1.82, 2.24) is 5.32 Å². The third-order valence-electron chi connectivity index (χ3n) is 4.27. The van der Waals surface area contributed by atoms with Crippen molar-refractivity contribution in [3.63, 3.8) is 0 Å². The third kappa shape index (κ3) is 4.74. The van der Waals surface area contributed by atoms with E-state index < -0.39 is 5.97 Å². The minimum absolute atomic E-state index is 0.219. The van der Waals surface area contributed by atoms with Crippen molar-refractivity contribution in [3.8, 4) is 5.75 Å². The number of hydrogen-bond acceptors (Lipinski definition) is 3. The predicted molar refractivity (Wildman–Crippen MR) is 83.0 cm³/mol. The summed E-state index contributed by atoms with van der Waals surface area (Å²) in [7, 11) is 0. The van der Waals surface area contributed by atoms with Crippen LogP contribution in [0, 0.1) is 5.41 Å². The Morgan fingerprint density at radius 2 is 2.00 bits per heavy atom. The van der Waals surface area contributed by atoms with Crippen molar-refractivity contribution in [2.24, 2.45) is 5.41 Å². The van der Waals surface area contributed by atoms with E-state index in [0.29, 0.717) is 17.8 Å². The average molecular weight is 291 g/mol. The van der Waals surface area contributed by atoms with Crippen LogP contribution < -0.4 is 10.1 Å². The van der Waals surface area contributed by atoms with E-state index in [0.717, 1.165) is 13.1 Å². The molecule has 0 radical (unpaired) electrons. The second kappa shape index (κ2) is 7.46. The standard InChI is InChI=1S/C17H25NO3/c1-17(9-5-2-6-10-17)13-18-11-12-21-15-8-4-3-7-14(15)16(19)20/h3-4,7-8,18H,2,5-6,9-13H2,1H3,(H,19,20). The van der Waals surface area contributed by atoms with Crippen LogP contribution in [0.4, 0.5) is 0 Å². The average Bonchev–Trinajstić information content (AvgIpc) is 2.48. The highest BCUT2D eigenvalue weighted by Gasteiger charge is 2.25. The lowest BCUT2D eigenvalue weighted by Crippen LogP contribution is -2.35. The maximum Gasteiger partial charge on any atom is 0.339 e. The van der Waals surface area contributed by atoms with Gasteiger partial charge in [0.1, 0.15) is 17.9 Å². The van der Waals surface area contributed by atoms with Gasteiger partial charge in [-0.2, -0.15) is 0 Å². The second-order valence-electron chi connectivity index (χ2n) is 6.20. The van der Waals surface area contributed by atoms with Gasteiger partial charge in [0.25, 0.3) is 0 Å². The molecule has 0 aromatic heterocycles. The van der Waals surface area contributed by atoms with E-state index in [9.17, 15) is 4.79 Å². The summed E-state index contributed by atoms with van der Waals surface area (Å²) >= 11 is 0. The zero-order valence-electron chi connectivity index (χ0n) is 12.7. The van der Waals surface area contributed by atoms with E-state index >= 15 is 0 Å². The number of carboxylic acids is 1. The topological polar surface area (TPSA) is 58.6 Å². The Morgan fingerprint density at radius 1 is 1.29 bits per heavy atom. The molecule has 0 saturated heterocycles. The van der Waals surface area contributed by atoms with Gasteiger partial charge in [-0.15, -0.1) is 0 Å². The molecule has 0 atom stereocenters. The molecule has 4 nitrogen and oxygen atoms in total. The van der Waals surface area contributed by atoms with Gasteiger partial charge in [-0.25, -0.2) is 4.79 Å². The van der Waals surface area contributed by atoms with Gasteiger partial charge in [0.2, 0.25) is 0 Å². The normalized spacial score (nSPS) is 17.4. The number of hydrogen-bond donors (Lipinski definition) is 2. The Balaban J connectivity index is 1.71. The molecule has 2 rings (SSSR count). The quantitative estimate of drug-likeness (QED) is 0.757. The highest BCUT2D eigenvalue weighted by atomic mass is 16.5. The van der Waals surface area contributed by atoms with Gasteiger partial charge in [0, 0.05) is 13.1 Å². The monoisotopic (exact) mass is 291 g/mol.